The molecule has 0 saturated heterocycles. The van der Waals surface area contributed by atoms with Crippen LogP contribution in [0.15, 0.2) is 29.6 Å². The van der Waals surface area contributed by atoms with Crippen molar-refractivity contribution >= 4 is 38.8 Å². The number of rotatable bonds is 4. The monoisotopic (exact) mass is 357 g/mol. The smallest absolute Gasteiger partial charge is 0.280 e. The van der Waals surface area contributed by atoms with E-state index >= 15 is 0 Å². The van der Waals surface area contributed by atoms with Crippen molar-refractivity contribution in [1.82, 2.24) is 15.3 Å². The van der Waals surface area contributed by atoms with Gasteiger partial charge in [0, 0.05) is 11.3 Å². The number of nitrogens with zero attached hydrogens (tertiary/aromatic N) is 2. The fourth-order valence-corrected chi connectivity index (χ4v) is 4.89. The first kappa shape index (κ1) is 15.7. The molecule has 0 aliphatic heterocycles. The number of nitrogens with one attached hydrogen (secondary N) is 1. The Labute approximate surface area is 149 Å². The van der Waals surface area contributed by atoms with Crippen LogP contribution in [0, 0.1) is 0 Å². The zero-order chi connectivity index (χ0) is 16.4. The fraction of sp³-hybridized carbons (Fsp3) is 0.389. The highest BCUT2D eigenvalue weighted by Gasteiger charge is 2.18. The standard InChI is InChI=1S/C18H19N3OS2/c22-17(18-21-13-8-4-5-9-15(13)24-18)19-10-16-20-14(11-23-16)12-6-2-1-3-7-12/h4-5,8-9,11-12H,1-3,6-7,10H2,(H,19,22). The molecule has 0 spiro atoms. The van der Waals surface area contributed by atoms with E-state index in [2.05, 4.69) is 15.7 Å². The Bertz CT molecular complexity index is 816. The van der Waals surface area contributed by atoms with Gasteiger partial charge >= 0.3 is 0 Å². The maximum absolute atomic E-state index is 12.3. The highest BCUT2D eigenvalue weighted by Crippen LogP contribution is 2.33. The van der Waals surface area contributed by atoms with Crippen molar-refractivity contribution in [2.45, 2.75) is 44.6 Å². The molecule has 0 bridgehead atoms. The number of fused-ring (bicyclic) bond motifs is 1. The zero-order valence-corrected chi connectivity index (χ0v) is 15.0. The lowest BCUT2D eigenvalue weighted by Crippen LogP contribution is -2.22. The summed E-state index contributed by atoms with van der Waals surface area (Å²) in [6, 6.07) is 7.82. The van der Waals surface area contributed by atoms with Crippen molar-refractivity contribution in [3.05, 3.63) is 45.4 Å². The molecule has 6 heteroatoms. The van der Waals surface area contributed by atoms with Gasteiger partial charge in [-0.1, -0.05) is 31.4 Å². The van der Waals surface area contributed by atoms with E-state index < -0.39 is 0 Å². The Balaban J connectivity index is 1.39. The number of amides is 1. The number of aromatic nitrogens is 2. The highest BCUT2D eigenvalue weighted by molar-refractivity contribution is 7.20. The number of benzene rings is 1. The van der Waals surface area contributed by atoms with Gasteiger partial charge < -0.3 is 5.32 Å². The first-order chi connectivity index (χ1) is 11.8. The van der Waals surface area contributed by atoms with Gasteiger partial charge in [-0.05, 0) is 25.0 Å². The van der Waals surface area contributed by atoms with Crippen LogP contribution in [0.4, 0.5) is 0 Å². The van der Waals surface area contributed by atoms with Gasteiger partial charge in [-0.25, -0.2) is 9.97 Å². The molecule has 2 aromatic heterocycles. The van der Waals surface area contributed by atoms with E-state index in [4.69, 9.17) is 4.98 Å². The van der Waals surface area contributed by atoms with Crippen molar-refractivity contribution in [1.29, 1.82) is 0 Å². The first-order valence-corrected chi connectivity index (χ1v) is 10.1. The second kappa shape index (κ2) is 6.99. The summed E-state index contributed by atoms with van der Waals surface area (Å²) < 4.78 is 1.04. The summed E-state index contributed by atoms with van der Waals surface area (Å²) in [5.41, 5.74) is 2.09. The molecule has 24 heavy (non-hydrogen) atoms. The maximum atomic E-state index is 12.3. The molecule has 1 fully saturated rings. The van der Waals surface area contributed by atoms with Crippen molar-refractivity contribution in [2.75, 3.05) is 0 Å². The third-order valence-electron chi connectivity index (χ3n) is 4.48. The van der Waals surface area contributed by atoms with Gasteiger partial charge in [-0.3, -0.25) is 4.79 Å². The van der Waals surface area contributed by atoms with Gasteiger partial charge in [0.2, 0.25) is 0 Å². The lowest BCUT2D eigenvalue weighted by Gasteiger charge is -2.19. The zero-order valence-electron chi connectivity index (χ0n) is 13.3. The molecule has 1 aliphatic carbocycles. The molecule has 0 atom stereocenters. The predicted molar refractivity (Wildman–Crippen MR) is 98.7 cm³/mol. The number of hydrogen-bond donors (Lipinski definition) is 1. The minimum Gasteiger partial charge on any atom is -0.343 e. The third-order valence-corrected chi connectivity index (χ3v) is 6.38. The van der Waals surface area contributed by atoms with Crippen molar-refractivity contribution < 1.29 is 4.79 Å². The lowest BCUT2D eigenvalue weighted by molar-refractivity contribution is 0.0950. The van der Waals surface area contributed by atoms with Crippen molar-refractivity contribution in [3.8, 4) is 0 Å². The van der Waals surface area contributed by atoms with Crippen LogP contribution in [-0.2, 0) is 6.54 Å². The molecule has 0 unspecified atom stereocenters. The van der Waals surface area contributed by atoms with Gasteiger partial charge in [0.15, 0.2) is 5.01 Å². The average Bonchev–Trinajstić information content (AvgIpc) is 3.27. The summed E-state index contributed by atoms with van der Waals surface area (Å²) in [4.78, 5) is 21.4. The third kappa shape index (κ3) is 3.35. The second-order valence-corrected chi connectivity index (χ2v) is 8.14. The Kier molecular flexibility index (Phi) is 4.58. The number of carbonyl (C=O) groups is 1. The summed E-state index contributed by atoms with van der Waals surface area (Å²) in [5.74, 6) is 0.495. The average molecular weight is 358 g/mol. The summed E-state index contributed by atoms with van der Waals surface area (Å²) in [6.07, 6.45) is 6.48. The van der Waals surface area contributed by atoms with Crippen LogP contribution >= 0.6 is 22.7 Å². The normalized spacial score (nSPS) is 15.7. The molecule has 4 rings (SSSR count). The molecule has 1 aromatic carbocycles. The lowest BCUT2D eigenvalue weighted by atomic mass is 9.87. The van der Waals surface area contributed by atoms with E-state index in [0.717, 1.165) is 15.2 Å². The first-order valence-electron chi connectivity index (χ1n) is 8.37. The van der Waals surface area contributed by atoms with E-state index in [9.17, 15) is 4.79 Å². The van der Waals surface area contributed by atoms with E-state index in [1.165, 1.54) is 49.1 Å². The number of para-hydroxylation sites is 1. The highest BCUT2D eigenvalue weighted by atomic mass is 32.1. The van der Waals surface area contributed by atoms with E-state index in [1.807, 2.05) is 24.3 Å². The molecular weight excluding hydrogens is 338 g/mol. The number of hydrogen-bond acceptors (Lipinski definition) is 5. The number of carbonyl (C=O) groups excluding carboxylic acids is 1. The molecule has 0 radical (unpaired) electrons. The second-order valence-electron chi connectivity index (χ2n) is 6.17. The Hall–Kier alpha value is -1.79. The molecule has 1 amide bonds. The van der Waals surface area contributed by atoms with Crippen LogP contribution < -0.4 is 5.32 Å². The number of thiazole rings is 2. The molecule has 4 nitrogen and oxygen atoms in total. The van der Waals surface area contributed by atoms with Crippen LogP contribution in [0.3, 0.4) is 0 Å². The Morgan fingerprint density at radius 2 is 2.00 bits per heavy atom. The van der Waals surface area contributed by atoms with Crippen LogP contribution in [-0.4, -0.2) is 15.9 Å². The molecule has 1 N–H and O–H groups in total. The topological polar surface area (TPSA) is 54.9 Å². The van der Waals surface area contributed by atoms with Gasteiger partial charge in [0.05, 0.1) is 22.5 Å². The van der Waals surface area contributed by atoms with Gasteiger partial charge in [-0.15, -0.1) is 22.7 Å². The SMILES string of the molecule is O=C(NCc1nc(C2CCCCC2)cs1)c1nc2ccccc2s1. The minimum absolute atomic E-state index is 0.120. The summed E-state index contributed by atoms with van der Waals surface area (Å²) in [6.45, 7) is 0.478. The molecule has 124 valence electrons. The van der Waals surface area contributed by atoms with Crippen LogP contribution in [0.1, 0.15) is 58.5 Å². The van der Waals surface area contributed by atoms with Crippen LogP contribution in [0.5, 0.6) is 0 Å². The van der Waals surface area contributed by atoms with Gasteiger partial charge in [-0.2, -0.15) is 0 Å². The van der Waals surface area contributed by atoms with Crippen LogP contribution in [0.2, 0.25) is 0 Å². The van der Waals surface area contributed by atoms with E-state index in [0.29, 0.717) is 17.5 Å². The van der Waals surface area contributed by atoms with E-state index in [1.54, 1.807) is 11.3 Å². The molecule has 1 saturated carbocycles. The van der Waals surface area contributed by atoms with E-state index in [-0.39, 0.29) is 5.91 Å². The Morgan fingerprint density at radius 3 is 2.83 bits per heavy atom. The summed E-state index contributed by atoms with van der Waals surface area (Å²) in [7, 11) is 0. The maximum Gasteiger partial charge on any atom is 0.280 e. The van der Waals surface area contributed by atoms with Crippen molar-refractivity contribution in [2.24, 2.45) is 0 Å². The van der Waals surface area contributed by atoms with Gasteiger partial charge in [0.1, 0.15) is 5.01 Å². The van der Waals surface area contributed by atoms with Crippen molar-refractivity contribution in [3.63, 3.8) is 0 Å². The fourth-order valence-electron chi connectivity index (χ4n) is 3.19. The van der Waals surface area contributed by atoms with Gasteiger partial charge in [0.25, 0.3) is 5.91 Å². The quantitative estimate of drug-likeness (QED) is 0.734. The molecule has 2 heterocycles. The summed E-state index contributed by atoms with van der Waals surface area (Å²) >= 11 is 3.07. The predicted octanol–water partition coefficient (Wildman–Crippen LogP) is 4.73. The Morgan fingerprint density at radius 1 is 1.17 bits per heavy atom. The molecular formula is C18H19N3OS2. The molecule has 3 aromatic rings. The largest absolute Gasteiger partial charge is 0.343 e. The van der Waals surface area contributed by atoms with Crippen LogP contribution in [0.25, 0.3) is 10.2 Å². The molecule has 1 aliphatic rings. The minimum atomic E-state index is -0.120. The summed E-state index contributed by atoms with van der Waals surface area (Å²) in [5, 5.41) is 6.60.